The van der Waals surface area contributed by atoms with E-state index in [4.69, 9.17) is 10.2 Å². The van der Waals surface area contributed by atoms with Crippen LogP contribution < -0.4 is 16.8 Å². The zero-order chi connectivity index (χ0) is 17.3. The quantitative estimate of drug-likeness (QED) is 0.762. The summed E-state index contributed by atoms with van der Waals surface area (Å²) in [4.78, 5) is 11.0. The van der Waals surface area contributed by atoms with Crippen LogP contribution >= 0.6 is 12.4 Å². The Kier molecular flexibility index (Phi) is 5.79. The third kappa shape index (κ3) is 4.55. The number of anilines is 1. The molecule has 0 spiro atoms. The molecule has 3 rings (SSSR count). The van der Waals surface area contributed by atoms with Gasteiger partial charge in [-0.1, -0.05) is 0 Å². The van der Waals surface area contributed by atoms with Crippen molar-refractivity contribution in [3.8, 4) is 11.5 Å². The van der Waals surface area contributed by atoms with Crippen molar-refractivity contribution >= 4 is 18.1 Å². The van der Waals surface area contributed by atoms with Crippen molar-refractivity contribution in [3.05, 3.63) is 34.3 Å². The Morgan fingerprint density at radius 1 is 1.24 bits per heavy atom. The molecule has 25 heavy (non-hydrogen) atoms. The van der Waals surface area contributed by atoms with E-state index in [1.807, 2.05) is 0 Å². The third-order valence-electron chi connectivity index (χ3n) is 4.14. The minimum atomic E-state index is -4.49. The Bertz CT molecular complexity index is 767. The molecule has 0 aliphatic heterocycles. The van der Waals surface area contributed by atoms with Gasteiger partial charge in [0, 0.05) is 23.3 Å². The lowest BCUT2D eigenvalue weighted by molar-refractivity contribution is -0.137. The predicted molar refractivity (Wildman–Crippen MR) is 88.7 cm³/mol. The Labute approximate surface area is 147 Å². The van der Waals surface area contributed by atoms with Crippen LogP contribution in [-0.2, 0) is 6.18 Å². The number of nitrogens with two attached hydrogens (primary N) is 1. The van der Waals surface area contributed by atoms with E-state index in [1.165, 1.54) is 12.1 Å². The van der Waals surface area contributed by atoms with E-state index in [9.17, 15) is 18.0 Å². The smallest absolute Gasteiger partial charge is 0.388 e. The zero-order valence-corrected chi connectivity index (χ0v) is 13.9. The van der Waals surface area contributed by atoms with Crippen LogP contribution in [0.1, 0.15) is 31.2 Å². The van der Waals surface area contributed by atoms with Gasteiger partial charge >= 0.3 is 11.9 Å². The molecule has 0 amide bonds. The maximum atomic E-state index is 13.2. The molecule has 0 atom stereocenters. The molecule has 6 nitrogen and oxygen atoms in total. The predicted octanol–water partition coefficient (Wildman–Crippen LogP) is 3.15. The fourth-order valence-electron chi connectivity index (χ4n) is 2.88. The third-order valence-corrected chi connectivity index (χ3v) is 4.14. The molecule has 1 aromatic carbocycles. The maximum Gasteiger partial charge on any atom is 0.434 e. The van der Waals surface area contributed by atoms with Crippen LogP contribution in [0.5, 0.6) is 0 Å². The highest BCUT2D eigenvalue weighted by Gasteiger charge is 2.34. The van der Waals surface area contributed by atoms with Gasteiger partial charge in [-0.15, -0.1) is 17.5 Å². The molecular formula is C15H18ClF3N4O2. The number of nitrogens with zero attached hydrogens (tertiary/aromatic N) is 1. The van der Waals surface area contributed by atoms with Crippen molar-refractivity contribution in [1.29, 1.82) is 0 Å². The number of H-pyrrole nitrogens is 1. The molecule has 1 aromatic heterocycles. The topological polar surface area (TPSA) is 96.9 Å². The first kappa shape index (κ1) is 19.3. The number of aromatic nitrogens is 2. The number of aromatic amines is 1. The summed E-state index contributed by atoms with van der Waals surface area (Å²) in [6.07, 6.45) is -1.53. The van der Waals surface area contributed by atoms with E-state index < -0.39 is 17.5 Å². The van der Waals surface area contributed by atoms with E-state index in [0.29, 0.717) is 12.8 Å². The fraction of sp³-hybridized carbons (Fsp3) is 0.467. The fourth-order valence-corrected chi connectivity index (χ4v) is 2.88. The lowest BCUT2D eigenvalue weighted by atomic mass is 9.91. The first-order valence-electron chi connectivity index (χ1n) is 7.62. The van der Waals surface area contributed by atoms with Gasteiger partial charge in [0.15, 0.2) is 0 Å². The summed E-state index contributed by atoms with van der Waals surface area (Å²) in [6.45, 7) is 0. The second-order valence-electron chi connectivity index (χ2n) is 5.93. The number of nitrogens with one attached hydrogen (secondary N) is 2. The van der Waals surface area contributed by atoms with E-state index >= 15 is 0 Å². The first-order chi connectivity index (χ1) is 11.3. The van der Waals surface area contributed by atoms with Crippen LogP contribution in [0, 0.1) is 0 Å². The van der Waals surface area contributed by atoms with Crippen molar-refractivity contribution in [3.63, 3.8) is 0 Å². The van der Waals surface area contributed by atoms with Gasteiger partial charge in [0.25, 0.3) is 0 Å². The molecule has 1 saturated carbocycles. The largest absolute Gasteiger partial charge is 0.434 e. The Morgan fingerprint density at radius 3 is 2.48 bits per heavy atom. The number of alkyl halides is 3. The average molecular weight is 379 g/mol. The highest BCUT2D eigenvalue weighted by molar-refractivity contribution is 5.85. The second-order valence-corrected chi connectivity index (χ2v) is 5.93. The molecule has 4 N–H and O–H groups in total. The normalized spacial score (nSPS) is 20.8. The molecule has 0 bridgehead atoms. The van der Waals surface area contributed by atoms with E-state index in [0.717, 1.165) is 18.9 Å². The van der Waals surface area contributed by atoms with Crippen molar-refractivity contribution in [2.75, 3.05) is 5.32 Å². The van der Waals surface area contributed by atoms with Crippen LogP contribution in [0.15, 0.2) is 27.4 Å². The minimum absolute atomic E-state index is 0. The Morgan fingerprint density at radius 2 is 1.92 bits per heavy atom. The minimum Gasteiger partial charge on any atom is -0.388 e. The van der Waals surface area contributed by atoms with Gasteiger partial charge in [0.05, 0.1) is 5.56 Å². The Hall–Kier alpha value is -2.00. The van der Waals surface area contributed by atoms with E-state index in [2.05, 4.69) is 15.5 Å². The maximum absolute atomic E-state index is 13.2. The molecule has 1 heterocycles. The Balaban J connectivity index is 0.00000225. The molecule has 0 radical (unpaired) electrons. The van der Waals surface area contributed by atoms with Crippen LogP contribution in [-0.4, -0.2) is 22.3 Å². The molecule has 2 aromatic rings. The molecule has 1 aliphatic carbocycles. The zero-order valence-electron chi connectivity index (χ0n) is 13.1. The number of halogens is 4. The van der Waals surface area contributed by atoms with Crippen LogP contribution in [0.2, 0.25) is 0 Å². The highest BCUT2D eigenvalue weighted by atomic mass is 35.5. The summed E-state index contributed by atoms with van der Waals surface area (Å²) in [5, 5.41) is 8.70. The van der Waals surface area contributed by atoms with Crippen molar-refractivity contribution in [2.24, 2.45) is 5.73 Å². The summed E-state index contributed by atoms with van der Waals surface area (Å²) < 4.78 is 44.5. The first-order valence-corrected chi connectivity index (χ1v) is 7.62. The number of hydrogen-bond acceptors (Lipinski definition) is 5. The van der Waals surface area contributed by atoms with Gasteiger partial charge in [-0.3, -0.25) is 0 Å². The standard InChI is InChI=1S/C15H17F3N4O2.ClH/c16-15(17,18)11-6-1-8(13-21-22-14(23)24-13)7-12(11)20-10-4-2-9(19)3-5-10;/h1,6-7,9-10,20H,2-5,19H2,(H,22,23);1H. The van der Waals surface area contributed by atoms with Gasteiger partial charge < -0.3 is 15.5 Å². The lowest BCUT2D eigenvalue weighted by Gasteiger charge is -2.28. The van der Waals surface area contributed by atoms with Gasteiger partial charge in [0.1, 0.15) is 0 Å². The summed E-state index contributed by atoms with van der Waals surface area (Å²) in [5.74, 6) is -0.817. The van der Waals surface area contributed by atoms with Crippen molar-refractivity contribution in [2.45, 2.75) is 43.9 Å². The molecule has 10 heteroatoms. The molecular weight excluding hydrogens is 361 g/mol. The van der Waals surface area contributed by atoms with Crippen LogP contribution in [0.25, 0.3) is 11.5 Å². The van der Waals surface area contributed by atoms with Gasteiger partial charge in [-0.2, -0.15) is 13.2 Å². The summed E-state index contributed by atoms with van der Waals surface area (Å²) >= 11 is 0. The van der Waals surface area contributed by atoms with E-state index in [1.54, 1.807) is 0 Å². The summed E-state index contributed by atoms with van der Waals surface area (Å²) in [7, 11) is 0. The average Bonchev–Trinajstić information content (AvgIpc) is 2.95. The second kappa shape index (κ2) is 7.49. The molecule has 1 aliphatic rings. The van der Waals surface area contributed by atoms with Crippen LogP contribution in [0.3, 0.4) is 0 Å². The molecule has 1 fully saturated rings. The van der Waals surface area contributed by atoms with Crippen molar-refractivity contribution in [1.82, 2.24) is 10.2 Å². The van der Waals surface area contributed by atoms with Crippen LogP contribution in [0.4, 0.5) is 18.9 Å². The molecule has 0 unspecified atom stereocenters. The number of benzene rings is 1. The number of rotatable bonds is 3. The van der Waals surface area contributed by atoms with E-state index in [-0.39, 0.29) is 41.6 Å². The summed E-state index contributed by atoms with van der Waals surface area (Å²) in [6, 6.07) is 3.52. The van der Waals surface area contributed by atoms with Gasteiger partial charge in [-0.05, 0) is 43.9 Å². The van der Waals surface area contributed by atoms with Gasteiger partial charge in [0.2, 0.25) is 5.89 Å². The molecule has 138 valence electrons. The number of hydrogen-bond donors (Lipinski definition) is 3. The SMILES string of the molecule is Cl.NC1CCC(Nc2cc(-c3n[nH]c(=O)o3)ccc2C(F)(F)F)CC1. The molecule has 0 saturated heterocycles. The van der Waals surface area contributed by atoms with Crippen molar-refractivity contribution < 1.29 is 17.6 Å². The summed E-state index contributed by atoms with van der Waals surface area (Å²) in [5.41, 5.74) is 5.30. The monoisotopic (exact) mass is 378 g/mol. The van der Waals surface area contributed by atoms with Gasteiger partial charge in [-0.25, -0.2) is 9.89 Å². The lowest BCUT2D eigenvalue weighted by Crippen LogP contribution is -2.33. The highest BCUT2D eigenvalue weighted by Crippen LogP contribution is 2.38.